The summed E-state index contributed by atoms with van der Waals surface area (Å²) < 4.78 is 11.3. The average molecular weight is 363 g/mol. The van der Waals surface area contributed by atoms with Gasteiger partial charge in [-0.2, -0.15) is 0 Å². The maximum absolute atomic E-state index is 12.4. The van der Waals surface area contributed by atoms with Crippen LogP contribution < -0.4 is 14.8 Å². The number of anilines is 1. The van der Waals surface area contributed by atoms with E-state index in [-0.39, 0.29) is 5.91 Å². The molecule has 5 nitrogen and oxygen atoms in total. The number of rotatable bonds is 4. The molecular formula is C17H15ClN2O3S. The summed E-state index contributed by atoms with van der Waals surface area (Å²) in [5.41, 5.74) is 2.27. The van der Waals surface area contributed by atoms with E-state index in [0.717, 1.165) is 15.8 Å². The Morgan fingerprint density at radius 3 is 2.62 bits per heavy atom. The molecule has 0 aliphatic rings. The molecule has 3 aromatic rings. The Labute approximate surface area is 148 Å². The Morgan fingerprint density at radius 1 is 1.17 bits per heavy atom. The predicted molar refractivity (Wildman–Crippen MR) is 96.9 cm³/mol. The number of hydrogen-bond acceptors (Lipinski definition) is 5. The number of thiazole rings is 1. The molecular weight excluding hydrogens is 348 g/mol. The fourth-order valence-electron chi connectivity index (χ4n) is 2.35. The van der Waals surface area contributed by atoms with Gasteiger partial charge in [-0.05, 0) is 42.8 Å². The van der Waals surface area contributed by atoms with Crippen LogP contribution in [0.5, 0.6) is 11.5 Å². The summed E-state index contributed by atoms with van der Waals surface area (Å²) in [5, 5.41) is 3.99. The summed E-state index contributed by atoms with van der Waals surface area (Å²) in [6.07, 6.45) is 0. The smallest absolute Gasteiger partial charge is 0.257 e. The fraction of sp³-hybridized carbons (Fsp3) is 0.176. The molecule has 1 heterocycles. The van der Waals surface area contributed by atoms with Crippen LogP contribution in [-0.4, -0.2) is 25.1 Å². The largest absolute Gasteiger partial charge is 0.493 e. The van der Waals surface area contributed by atoms with E-state index in [2.05, 4.69) is 10.3 Å². The Kier molecular flexibility index (Phi) is 4.59. The number of amides is 1. The minimum absolute atomic E-state index is 0.265. The van der Waals surface area contributed by atoms with Crippen LogP contribution >= 0.6 is 22.9 Å². The monoisotopic (exact) mass is 362 g/mol. The second-order valence-corrected chi connectivity index (χ2v) is 6.58. The molecule has 0 saturated heterocycles. The highest BCUT2D eigenvalue weighted by atomic mass is 35.5. The molecule has 0 unspecified atom stereocenters. The van der Waals surface area contributed by atoms with Gasteiger partial charge in [0.05, 0.1) is 24.4 Å². The first kappa shape index (κ1) is 16.5. The van der Waals surface area contributed by atoms with Crippen LogP contribution in [0.2, 0.25) is 5.02 Å². The molecule has 1 N–H and O–H groups in total. The zero-order valence-corrected chi connectivity index (χ0v) is 14.9. The first-order valence-corrected chi connectivity index (χ1v) is 8.31. The van der Waals surface area contributed by atoms with Crippen molar-refractivity contribution in [3.05, 3.63) is 46.5 Å². The Bertz CT molecular complexity index is 924. The molecule has 0 bridgehead atoms. The van der Waals surface area contributed by atoms with Crippen molar-refractivity contribution in [3.8, 4) is 11.5 Å². The van der Waals surface area contributed by atoms with Crippen LogP contribution in [0.15, 0.2) is 30.3 Å². The van der Waals surface area contributed by atoms with Gasteiger partial charge in [0.25, 0.3) is 5.91 Å². The van der Waals surface area contributed by atoms with Gasteiger partial charge in [0.1, 0.15) is 0 Å². The third-order valence-electron chi connectivity index (χ3n) is 3.52. The standard InChI is InChI=1S/C17H15ClN2O3S/c1-9-6-11(18)8-14-15(9)19-17(24-14)20-16(21)10-4-5-12(22-2)13(7-10)23-3/h4-8H,1-3H3,(H,19,20,21). The Balaban J connectivity index is 1.88. The molecule has 0 spiro atoms. The lowest BCUT2D eigenvalue weighted by molar-refractivity contribution is 0.102. The molecule has 1 aromatic heterocycles. The molecule has 0 atom stereocenters. The SMILES string of the molecule is COc1ccc(C(=O)Nc2nc3c(C)cc(Cl)cc3s2)cc1OC. The van der Waals surface area contributed by atoms with Crippen molar-refractivity contribution in [2.45, 2.75) is 6.92 Å². The number of carbonyl (C=O) groups excluding carboxylic acids is 1. The molecule has 0 fully saturated rings. The zero-order valence-electron chi connectivity index (χ0n) is 13.3. The zero-order chi connectivity index (χ0) is 17.3. The third kappa shape index (κ3) is 3.16. The lowest BCUT2D eigenvalue weighted by Crippen LogP contribution is -2.11. The van der Waals surface area contributed by atoms with E-state index >= 15 is 0 Å². The number of fused-ring (bicyclic) bond motifs is 1. The van der Waals surface area contributed by atoms with Crippen LogP contribution in [0, 0.1) is 6.92 Å². The Morgan fingerprint density at radius 2 is 1.92 bits per heavy atom. The van der Waals surface area contributed by atoms with Crippen molar-refractivity contribution in [1.82, 2.24) is 4.98 Å². The molecule has 0 aliphatic heterocycles. The van der Waals surface area contributed by atoms with E-state index in [4.69, 9.17) is 21.1 Å². The molecule has 24 heavy (non-hydrogen) atoms. The summed E-state index contributed by atoms with van der Waals surface area (Å²) in [6.45, 7) is 1.94. The van der Waals surface area contributed by atoms with E-state index in [1.54, 1.807) is 25.3 Å². The quantitative estimate of drug-likeness (QED) is 0.740. The van der Waals surface area contributed by atoms with Gasteiger partial charge < -0.3 is 9.47 Å². The summed E-state index contributed by atoms with van der Waals surface area (Å²) in [7, 11) is 3.08. The highest BCUT2D eigenvalue weighted by Gasteiger charge is 2.14. The van der Waals surface area contributed by atoms with Crippen molar-refractivity contribution in [3.63, 3.8) is 0 Å². The molecule has 124 valence electrons. The summed E-state index contributed by atoms with van der Waals surface area (Å²) in [4.78, 5) is 16.9. The molecule has 2 aromatic carbocycles. The minimum atomic E-state index is -0.265. The van der Waals surface area contributed by atoms with Crippen molar-refractivity contribution < 1.29 is 14.3 Å². The number of carbonyl (C=O) groups is 1. The van der Waals surface area contributed by atoms with E-state index in [9.17, 15) is 4.79 Å². The van der Waals surface area contributed by atoms with E-state index < -0.39 is 0 Å². The van der Waals surface area contributed by atoms with Crippen molar-refractivity contribution >= 4 is 44.2 Å². The number of ether oxygens (including phenoxy) is 2. The molecule has 7 heteroatoms. The normalized spacial score (nSPS) is 10.7. The fourth-order valence-corrected chi connectivity index (χ4v) is 3.67. The minimum Gasteiger partial charge on any atom is -0.493 e. The van der Waals surface area contributed by atoms with E-state index in [1.807, 2.05) is 19.1 Å². The van der Waals surface area contributed by atoms with Crippen molar-refractivity contribution in [1.29, 1.82) is 0 Å². The predicted octanol–water partition coefficient (Wildman–Crippen LogP) is 4.53. The van der Waals surface area contributed by atoms with E-state index in [1.165, 1.54) is 18.4 Å². The van der Waals surface area contributed by atoms with Gasteiger partial charge in [-0.3, -0.25) is 10.1 Å². The summed E-state index contributed by atoms with van der Waals surface area (Å²) >= 11 is 7.45. The van der Waals surface area contributed by atoms with Gasteiger partial charge in [0.15, 0.2) is 16.6 Å². The van der Waals surface area contributed by atoms with Gasteiger partial charge in [-0.25, -0.2) is 4.98 Å². The highest BCUT2D eigenvalue weighted by Crippen LogP contribution is 2.32. The topological polar surface area (TPSA) is 60.5 Å². The van der Waals surface area contributed by atoms with Gasteiger partial charge in [0, 0.05) is 10.6 Å². The van der Waals surface area contributed by atoms with Crippen LogP contribution in [0.1, 0.15) is 15.9 Å². The maximum Gasteiger partial charge on any atom is 0.257 e. The number of halogens is 1. The molecule has 3 rings (SSSR count). The van der Waals surface area contributed by atoms with Gasteiger partial charge >= 0.3 is 0 Å². The number of methoxy groups -OCH3 is 2. The lowest BCUT2D eigenvalue weighted by Gasteiger charge is -2.09. The highest BCUT2D eigenvalue weighted by molar-refractivity contribution is 7.22. The third-order valence-corrected chi connectivity index (χ3v) is 4.65. The molecule has 0 aliphatic carbocycles. The maximum atomic E-state index is 12.4. The number of aromatic nitrogens is 1. The number of benzene rings is 2. The van der Waals surface area contributed by atoms with Gasteiger partial charge in [-0.15, -0.1) is 0 Å². The number of nitrogens with one attached hydrogen (secondary N) is 1. The molecule has 0 radical (unpaired) electrons. The second kappa shape index (κ2) is 6.67. The van der Waals surface area contributed by atoms with Crippen molar-refractivity contribution in [2.75, 3.05) is 19.5 Å². The molecule has 1 amide bonds. The summed E-state index contributed by atoms with van der Waals surface area (Å²) in [5.74, 6) is 0.801. The second-order valence-electron chi connectivity index (χ2n) is 5.11. The van der Waals surface area contributed by atoms with E-state index in [0.29, 0.717) is 27.2 Å². The van der Waals surface area contributed by atoms with Crippen LogP contribution in [0.4, 0.5) is 5.13 Å². The average Bonchev–Trinajstić information content (AvgIpc) is 2.96. The number of nitrogens with zero attached hydrogens (tertiary/aromatic N) is 1. The first-order chi connectivity index (χ1) is 11.5. The van der Waals surface area contributed by atoms with Gasteiger partial charge in [0.2, 0.25) is 0 Å². The number of hydrogen-bond donors (Lipinski definition) is 1. The van der Waals surface area contributed by atoms with Crippen molar-refractivity contribution in [2.24, 2.45) is 0 Å². The molecule has 0 saturated carbocycles. The number of aryl methyl sites for hydroxylation is 1. The Hall–Kier alpha value is -2.31. The first-order valence-electron chi connectivity index (χ1n) is 7.12. The van der Waals surface area contributed by atoms with Crippen LogP contribution in [0.25, 0.3) is 10.2 Å². The summed E-state index contributed by atoms with van der Waals surface area (Å²) in [6, 6.07) is 8.68. The van der Waals surface area contributed by atoms with Crippen LogP contribution in [-0.2, 0) is 0 Å². The lowest BCUT2D eigenvalue weighted by atomic mass is 10.2. The van der Waals surface area contributed by atoms with Gasteiger partial charge in [-0.1, -0.05) is 22.9 Å². The van der Waals surface area contributed by atoms with Crippen LogP contribution in [0.3, 0.4) is 0 Å².